The minimum atomic E-state index is 0.323. The number of hydrogen-bond acceptors (Lipinski definition) is 7. The van der Waals surface area contributed by atoms with Crippen molar-refractivity contribution in [3.63, 3.8) is 0 Å². The number of methoxy groups -OCH3 is 2. The summed E-state index contributed by atoms with van der Waals surface area (Å²) in [7, 11) is 3.26. The lowest BCUT2D eigenvalue weighted by Crippen LogP contribution is -2.38. The molecule has 0 saturated heterocycles. The second-order valence-corrected chi connectivity index (χ2v) is 4.63. The first-order valence-corrected chi connectivity index (χ1v) is 7.49. The Labute approximate surface area is 127 Å². The fourth-order valence-electron chi connectivity index (χ4n) is 2.17. The third-order valence-electron chi connectivity index (χ3n) is 3.30. The summed E-state index contributed by atoms with van der Waals surface area (Å²) in [5.74, 6) is 1.16. The number of ether oxygens (including phenoxy) is 2. The molecule has 0 atom stereocenters. The molecule has 0 bridgehead atoms. The molecule has 0 saturated carbocycles. The lowest BCUT2D eigenvalue weighted by molar-refractivity contribution is 0.202. The summed E-state index contributed by atoms with van der Waals surface area (Å²) in [5, 5.41) is 3.11. The molecule has 0 radical (unpaired) electrons. The number of aromatic nitrogens is 3. The van der Waals surface area contributed by atoms with Gasteiger partial charge in [0.05, 0.1) is 13.7 Å². The average molecular weight is 297 g/mol. The Morgan fingerprint density at radius 2 is 1.81 bits per heavy atom. The smallest absolute Gasteiger partial charge is 0.322 e. The molecule has 0 aliphatic rings. The van der Waals surface area contributed by atoms with E-state index < -0.39 is 0 Å². The molecular weight excluding hydrogens is 270 g/mol. The standard InChI is InChI=1S/C14H27N5O2/c1-6-11(7-2)19(9-10-20-4)13-16-12(15-8-3)17-14(18-13)21-5/h11H,6-10H2,1-5H3,(H,15,16,17,18). The van der Waals surface area contributed by atoms with Gasteiger partial charge in [-0.1, -0.05) is 13.8 Å². The highest BCUT2D eigenvalue weighted by molar-refractivity contribution is 5.39. The van der Waals surface area contributed by atoms with E-state index in [4.69, 9.17) is 9.47 Å². The van der Waals surface area contributed by atoms with Crippen molar-refractivity contribution in [2.24, 2.45) is 0 Å². The van der Waals surface area contributed by atoms with Crippen molar-refractivity contribution < 1.29 is 9.47 Å². The van der Waals surface area contributed by atoms with E-state index in [0.717, 1.165) is 25.9 Å². The first-order valence-electron chi connectivity index (χ1n) is 7.49. The Bertz CT molecular complexity index is 412. The highest BCUT2D eigenvalue weighted by Gasteiger charge is 2.20. The van der Waals surface area contributed by atoms with Gasteiger partial charge in [0.15, 0.2) is 0 Å². The van der Waals surface area contributed by atoms with Gasteiger partial charge in [-0.15, -0.1) is 0 Å². The molecule has 0 aliphatic carbocycles. The van der Waals surface area contributed by atoms with Gasteiger partial charge in [-0.3, -0.25) is 0 Å². The molecule has 21 heavy (non-hydrogen) atoms. The quantitative estimate of drug-likeness (QED) is 0.707. The van der Waals surface area contributed by atoms with E-state index in [-0.39, 0.29) is 0 Å². The number of anilines is 2. The van der Waals surface area contributed by atoms with Crippen molar-refractivity contribution in [3.8, 4) is 6.01 Å². The molecule has 1 aromatic rings. The summed E-state index contributed by atoms with van der Waals surface area (Å²) >= 11 is 0. The van der Waals surface area contributed by atoms with Crippen LogP contribution in [0.15, 0.2) is 0 Å². The SMILES string of the molecule is CCNc1nc(OC)nc(N(CCOC)C(CC)CC)n1. The Kier molecular flexibility index (Phi) is 7.74. The minimum Gasteiger partial charge on any atom is -0.467 e. The van der Waals surface area contributed by atoms with E-state index in [1.165, 1.54) is 0 Å². The second-order valence-electron chi connectivity index (χ2n) is 4.63. The minimum absolute atomic E-state index is 0.323. The normalized spacial score (nSPS) is 10.8. The molecule has 0 aromatic carbocycles. The predicted molar refractivity (Wildman–Crippen MR) is 84.1 cm³/mol. The number of nitrogens with zero attached hydrogens (tertiary/aromatic N) is 4. The zero-order chi connectivity index (χ0) is 15.7. The molecule has 120 valence electrons. The third-order valence-corrected chi connectivity index (χ3v) is 3.30. The van der Waals surface area contributed by atoms with Crippen LogP contribution < -0.4 is 15.0 Å². The summed E-state index contributed by atoms with van der Waals surface area (Å²) in [6.07, 6.45) is 2.04. The molecule has 1 N–H and O–H groups in total. The first-order chi connectivity index (χ1) is 10.2. The van der Waals surface area contributed by atoms with Gasteiger partial charge in [0.1, 0.15) is 0 Å². The lowest BCUT2D eigenvalue weighted by Gasteiger charge is -2.30. The Hall–Kier alpha value is -1.63. The molecular formula is C14H27N5O2. The third kappa shape index (κ3) is 5.00. The van der Waals surface area contributed by atoms with Gasteiger partial charge in [0.25, 0.3) is 0 Å². The maximum absolute atomic E-state index is 5.21. The average Bonchev–Trinajstić information content (AvgIpc) is 2.51. The molecule has 1 rings (SSSR count). The second kappa shape index (κ2) is 9.33. The van der Waals surface area contributed by atoms with Crippen molar-refractivity contribution in [3.05, 3.63) is 0 Å². The van der Waals surface area contributed by atoms with Crippen LogP contribution in [0.25, 0.3) is 0 Å². The van der Waals surface area contributed by atoms with Crippen LogP contribution >= 0.6 is 0 Å². The van der Waals surface area contributed by atoms with Crippen LogP contribution in [-0.2, 0) is 4.74 Å². The zero-order valence-corrected chi connectivity index (χ0v) is 13.7. The maximum atomic E-state index is 5.21. The van der Waals surface area contributed by atoms with Gasteiger partial charge in [0, 0.05) is 26.2 Å². The summed E-state index contributed by atoms with van der Waals surface area (Å²) in [4.78, 5) is 15.3. The van der Waals surface area contributed by atoms with Gasteiger partial charge < -0.3 is 19.7 Å². The summed E-state index contributed by atoms with van der Waals surface area (Å²) in [5.41, 5.74) is 0. The van der Waals surface area contributed by atoms with Crippen LogP contribution in [0.5, 0.6) is 6.01 Å². The van der Waals surface area contributed by atoms with Crippen LogP contribution in [0.3, 0.4) is 0 Å². The zero-order valence-electron chi connectivity index (χ0n) is 13.7. The first kappa shape index (κ1) is 17.4. The van der Waals surface area contributed by atoms with E-state index >= 15 is 0 Å². The van der Waals surface area contributed by atoms with E-state index in [1.807, 2.05) is 6.92 Å². The largest absolute Gasteiger partial charge is 0.467 e. The number of hydrogen-bond donors (Lipinski definition) is 1. The van der Waals surface area contributed by atoms with Crippen LogP contribution in [-0.4, -0.2) is 54.9 Å². The van der Waals surface area contributed by atoms with Gasteiger partial charge in [-0.05, 0) is 19.8 Å². The molecule has 0 spiro atoms. The molecule has 0 amide bonds. The van der Waals surface area contributed by atoms with Gasteiger partial charge in [-0.25, -0.2) is 0 Å². The Morgan fingerprint density at radius 3 is 2.33 bits per heavy atom. The van der Waals surface area contributed by atoms with Crippen molar-refractivity contribution in [2.75, 3.05) is 44.1 Å². The van der Waals surface area contributed by atoms with E-state index in [0.29, 0.717) is 30.6 Å². The van der Waals surface area contributed by atoms with Gasteiger partial charge in [0.2, 0.25) is 11.9 Å². The molecule has 0 aliphatic heterocycles. The molecule has 7 nitrogen and oxygen atoms in total. The Morgan fingerprint density at radius 1 is 1.10 bits per heavy atom. The molecule has 0 unspecified atom stereocenters. The van der Waals surface area contributed by atoms with E-state index in [9.17, 15) is 0 Å². The van der Waals surface area contributed by atoms with E-state index in [1.54, 1.807) is 14.2 Å². The van der Waals surface area contributed by atoms with Crippen LogP contribution in [0.1, 0.15) is 33.6 Å². The fraction of sp³-hybridized carbons (Fsp3) is 0.786. The number of rotatable bonds is 10. The molecule has 1 aromatic heterocycles. The predicted octanol–water partition coefficient (Wildman–Crippen LogP) is 1.95. The highest BCUT2D eigenvalue weighted by Crippen LogP contribution is 2.19. The Balaban J connectivity index is 3.11. The van der Waals surface area contributed by atoms with Crippen LogP contribution in [0.2, 0.25) is 0 Å². The van der Waals surface area contributed by atoms with E-state index in [2.05, 4.69) is 39.0 Å². The van der Waals surface area contributed by atoms with Crippen molar-refractivity contribution in [1.29, 1.82) is 0 Å². The summed E-state index contributed by atoms with van der Waals surface area (Å²) in [6, 6.07) is 0.686. The van der Waals surface area contributed by atoms with Crippen molar-refractivity contribution in [1.82, 2.24) is 15.0 Å². The lowest BCUT2D eigenvalue weighted by atomic mass is 10.1. The van der Waals surface area contributed by atoms with Crippen LogP contribution in [0.4, 0.5) is 11.9 Å². The topological polar surface area (TPSA) is 72.4 Å². The van der Waals surface area contributed by atoms with Gasteiger partial charge in [-0.2, -0.15) is 15.0 Å². The molecule has 7 heteroatoms. The summed E-state index contributed by atoms with van der Waals surface area (Å²) in [6.45, 7) is 8.44. The fourth-order valence-corrected chi connectivity index (χ4v) is 2.17. The van der Waals surface area contributed by atoms with Crippen molar-refractivity contribution >= 4 is 11.9 Å². The number of nitrogens with one attached hydrogen (secondary N) is 1. The van der Waals surface area contributed by atoms with Crippen molar-refractivity contribution in [2.45, 2.75) is 39.7 Å². The van der Waals surface area contributed by atoms with Gasteiger partial charge >= 0.3 is 6.01 Å². The molecule has 0 fully saturated rings. The summed E-state index contributed by atoms with van der Waals surface area (Å²) < 4.78 is 10.4. The van der Waals surface area contributed by atoms with Crippen LogP contribution in [0, 0.1) is 0 Å². The molecule has 1 heterocycles. The monoisotopic (exact) mass is 297 g/mol. The highest BCUT2D eigenvalue weighted by atomic mass is 16.5. The maximum Gasteiger partial charge on any atom is 0.322 e.